The van der Waals surface area contributed by atoms with Gasteiger partial charge in [0.15, 0.2) is 0 Å². The summed E-state index contributed by atoms with van der Waals surface area (Å²) in [6, 6.07) is 20.6. The number of hydrogen-bond acceptors (Lipinski definition) is 2. The Kier molecular flexibility index (Phi) is 2.72. The molecule has 1 heterocycles. The Morgan fingerprint density at radius 3 is 2.47 bits per heavy atom. The second-order valence-corrected chi connectivity index (χ2v) is 4.90. The van der Waals surface area contributed by atoms with E-state index in [0.717, 1.165) is 5.69 Å². The summed E-state index contributed by atoms with van der Waals surface area (Å²) in [4.78, 5) is 5.65. The number of nitrogens with zero attached hydrogens (tertiary/aromatic N) is 1. The predicted octanol–water partition coefficient (Wildman–Crippen LogP) is 4.65. The van der Waals surface area contributed by atoms with Crippen molar-refractivity contribution >= 4 is 33.3 Å². The van der Waals surface area contributed by atoms with Crippen LogP contribution >= 0.6 is 11.3 Å². The van der Waals surface area contributed by atoms with Crippen molar-refractivity contribution in [1.82, 2.24) is 0 Å². The number of fused-ring (bicyclic) bond motifs is 1. The molecule has 0 spiro atoms. The molecule has 82 valence electrons. The molecule has 3 rings (SSSR count). The van der Waals surface area contributed by atoms with Crippen LogP contribution in [0.15, 0.2) is 65.7 Å². The molecule has 0 amide bonds. The highest BCUT2D eigenvalue weighted by Gasteiger charge is 1.97. The molecule has 1 nitrogen and oxygen atoms in total. The largest absolute Gasteiger partial charge is 0.255 e. The van der Waals surface area contributed by atoms with Crippen LogP contribution in [0.5, 0.6) is 0 Å². The summed E-state index contributed by atoms with van der Waals surface area (Å²) in [6.45, 7) is 0. The van der Waals surface area contributed by atoms with Crippen LogP contribution < -0.4 is 0 Å². The van der Waals surface area contributed by atoms with E-state index in [-0.39, 0.29) is 0 Å². The molecular weight excluding hydrogens is 226 g/mol. The molecule has 0 bridgehead atoms. The van der Waals surface area contributed by atoms with Gasteiger partial charge in [0, 0.05) is 15.8 Å². The molecule has 0 aliphatic heterocycles. The molecule has 0 saturated carbocycles. The van der Waals surface area contributed by atoms with E-state index in [1.807, 2.05) is 36.5 Å². The number of para-hydroxylation sites is 1. The van der Waals surface area contributed by atoms with E-state index in [1.54, 1.807) is 11.3 Å². The number of thiophene rings is 1. The molecule has 0 saturated heterocycles. The first kappa shape index (κ1) is 10.2. The lowest BCUT2D eigenvalue weighted by Crippen LogP contribution is -1.70. The third-order valence-corrected chi connectivity index (χ3v) is 3.59. The summed E-state index contributed by atoms with van der Waals surface area (Å²) in [5.74, 6) is 0. The normalized spacial score (nSPS) is 11.3. The van der Waals surface area contributed by atoms with Gasteiger partial charge >= 0.3 is 0 Å². The first-order valence-electron chi connectivity index (χ1n) is 5.49. The summed E-state index contributed by atoms with van der Waals surface area (Å²) < 4.78 is 1.31. The molecule has 17 heavy (non-hydrogen) atoms. The van der Waals surface area contributed by atoms with Gasteiger partial charge in [0.25, 0.3) is 0 Å². The SMILES string of the molecule is C(=Nc1ccccc1)c1cc2ccccc2s1. The molecular formula is C15H11NS. The van der Waals surface area contributed by atoms with Crippen LogP contribution in [-0.2, 0) is 0 Å². The van der Waals surface area contributed by atoms with Gasteiger partial charge in [0.2, 0.25) is 0 Å². The van der Waals surface area contributed by atoms with E-state index in [0.29, 0.717) is 0 Å². The van der Waals surface area contributed by atoms with Gasteiger partial charge in [0.05, 0.1) is 5.69 Å². The van der Waals surface area contributed by atoms with E-state index in [9.17, 15) is 0 Å². The van der Waals surface area contributed by atoms with Crippen LogP contribution in [0.1, 0.15) is 4.88 Å². The summed E-state index contributed by atoms with van der Waals surface area (Å²) in [7, 11) is 0. The maximum atomic E-state index is 4.46. The highest BCUT2D eigenvalue weighted by Crippen LogP contribution is 2.24. The number of rotatable bonds is 2. The summed E-state index contributed by atoms with van der Waals surface area (Å²) in [6.07, 6.45) is 1.93. The molecule has 1 aromatic heterocycles. The number of benzene rings is 2. The van der Waals surface area contributed by atoms with Crippen molar-refractivity contribution in [2.45, 2.75) is 0 Å². The average molecular weight is 237 g/mol. The third-order valence-electron chi connectivity index (χ3n) is 2.54. The Balaban J connectivity index is 1.92. The van der Waals surface area contributed by atoms with Crippen molar-refractivity contribution in [3.8, 4) is 0 Å². The third kappa shape index (κ3) is 2.27. The fourth-order valence-electron chi connectivity index (χ4n) is 1.72. The molecule has 0 unspecified atom stereocenters. The Morgan fingerprint density at radius 2 is 1.65 bits per heavy atom. The summed E-state index contributed by atoms with van der Waals surface area (Å²) in [5.41, 5.74) is 0.991. The Bertz CT molecular complexity index is 620. The van der Waals surface area contributed by atoms with Crippen molar-refractivity contribution in [2.75, 3.05) is 0 Å². The van der Waals surface area contributed by atoms with Crippen LogP contribution in [0, 0.1) is 0 Å². The van der Waals surface area contributed by atoms with Gasteiger partial charge in [-0.15, -0.1) is 11.3 Å². The zero-order valence-corrected chi connectivity index (χ0v) is 10.0. The van der Waals surface area contributed by atoms with E-state index in [2.05, 4.69) is 35.3 Å². The minimum atomic E-state index is 0.991. The Hall–Kier alpha value is -1.93. The lowest BCUT2D eigenvalue weighted by atomic mass is 10.2. The van der Waals surface area contributed by atoms with E-state index in [4.69, 9.17) is 0 Å². The minimum absolute atomic E-state index is 0.991. The smallest absolute Gasteiger partial charge is 0.0630 e. The summed E-state index contributed by atoms with van der Waals surface area (Å²) >= 11 is 1.77. The highest BCUT2D eigenvalue weighted by atomic mass is 32.1. The maximum absolute atomic E-state index is 4.46. The fourth-order valence-corrected chi connectivity index (χ4v) is 2.65. The lowest BCUT2D eigenvalue weighted by Gasteiger charge is -1.89. The second-order valence-electron chi connectivity index (χ2n) is 3.78. The zero-order valence-electron chi connectivity index (χ0n) is 9.21. The number of aliphatic imine (C=N–C) groups is 1. The summed E-state index contributed by atoms with van der Waals surface area (Å²) in [5, 5.41) is 1.28. The van der Waals surface area contributed by atoms with Crippen molar-refractivity contribution in [3.05, 3.63) is 65.5 Å². The van der Waals surface area contributed by atoms with Crippen LogP contribution in [0.4, 0.5) is 5.69 Å². The van der Waals surface area contributed by atoms with E-state index in [1.165, 1.54) is 15.0 Å². The van der Waals surface area contributed by atoms with Crippen LogP contribution in [-0.4, -0.2) is 6.21 Å². The van der Waals surface area contributed by atoms with E-state index < -0.39 is 0 Å². The van der Waals surface area contributed by atoms with Crippen molar-refractivity contribution in [3.63, 3.8) is 0 Å². The second kappa shape index (κ2) is 4.52. The standard InChI is InChI=1S/C15H11NS/c1-2-7-13(8-3-1)16-11-14-10-12-6-4-5-9-15(12)17-14/h1-11H. The van der Waals surface area contributed by atoms with Crippen LogP contribution in [0.3, 0.4) is 0 Å². The monoisotopic (exact) mass is 237 g/mol. The van der Waals surface area contributed by atoms with Gasteiger partial charge in [-0.25, -0.2) is 0 Å². The first-order valence-corrected chi connectivity index (χ1v) is 6.31. The maximum Gasteiger partial charge on any atom is 0.0630 e. The quantitative estimate of drug-likeness (QED) is 0.575. The van der Waals surface area contributed by atoms with Crippen molar-refractivity contribution < 1.29 is 0 Å². The van der Waals surface area contributed by atoms with E-state index >= 15 is 0 Å². The molecule has 2 aromatic carbocycles. The fraction of sp³-hybridized carbons (Fsp3) is 0. The minimum Gasteiger partial charge on any atom is -0.255 e. The van der Waals surface area contributed by atoms with Crippen molar-refractivity contribution in [1.29, 1.82) is 0 Å². The molecule has 0 atom stereocenters. The van der Waals surface area contributed by atoms with Gasteiger partial charge in [-0.1, -0.05) is 36.4 Å². The molecule has 0 radical (unpaired) electrons. The topological polar surface area (TPSA) is 12.4 Å². The van der Waals surface area contributed by atoms with Crippen molar-refractivity contribution in [2.24, 2.45) is 4.99 Å². The van der Waals surface area contributed by atoms with Gasteiger partial charge < -0.3 is 0 Å². The van der Waals surface area contributed by atoms with Gasteiger partial charge in [-0.2, -0.15) is 0 Å². The Morgan fingerprint density at radius 1 is 0.882 bits per heavy atom. The Labute approximate surface area is 104 Å². The molecule has 0 aliphatic rings. The molecule has 2 heteroatoms. The number of hydrogen-bond donors (Lipinski definition) is 0. The molecule has 3 aromatic rings. The highest BCUT2D eigenvalue weighted by molar-refractivity contribution is 7.20. The van der Waals surface area contributed by atoms with Gasteiger partial charge in [0.1, 0.15) is 0 Å². The lowest BCUT2D eigenvalue weighted by molar-refractivity contribution is 1.54. The first-order chi connectivity index (χ1) is 8.42. The average Bonchev–Trinajstić information content (AvgIpc) is 2.80. The van der Waals surface area contributed by atoms with Gasteiger partial charge in [-0.05, 0) is 29.7 Å². The molecule has 0 fully saturated rings. The molecule has 0 N–H and O–H groups in total. The predicted molar refractivity (Wildman–Crippen MR) is 75.5 cm³/mol. The molecule has 0 aliphatic carbocycles. The van der Waals surface area contributed by atoms with Crippen LogP contribution in [0.2, 0.25) is 0 Å². The van der Waals surface area contributed by atoms with Crippen LogP contribution in [0.25, 0.3) is 10.1 Å². The van der Waals surface area contributed by atoms with Gasteiger partial charge in [-0.3, -0.25) is 4.99 Å². The zero-order chi connectivity index (χ0) is 11.5.